The van der Waals surface area contributed by atoms with Crippen molar-refractivity contribution in [3.05, 3.63) is 12.2 Å². The number of aryl methyl sites for hydroxylation is 1. The molecule has 0 bridgehead atoms. The van der Waals surface area contributed by atoms with Gasteiger partial charge in [-0.1, -0.05) is 19.8 Å². The lowest BCUT2D eigenvalue weighted by Gasteiger charge is -2.27. The van der Waals surface area contributed by atoms with Crippen LogP contribution in [0.25, 0.3) is 0 Å². The molecule has 2 N–H and O–H groups in total. The summed E-state index contributed by atoms with van der Waals surface area (Å²) in [6.45, 7) is 3.99. The van der Waals surface area contributed by atoms with E-state index in [1.165, 1.54) is 25.7 Å². The summed E-state index contributed by atoms with van der Waals surface area (Å²) < 4.78 is 1.77. The van der Waals surface area contributed by atoms with Crippen LogP contribution < -0.4 is 10.6 Å². The number of aliphatic imine (C=N–C) groups is 1. The molecule has 0 spiro atoms. The van der Waals surface area contributed by atoms with Gasteiger partial charge in [-0.25, -0.2) is 4.98 Å². The van der Waals surface area contributed by atoms with E-state index in [2.05, 4.69) is 32.6 Å². The van der Waals surface area contributed by atoms with Crippen molar-refractivity contribution in [1.82, 2.24) is 25.4 Å². The number of hydrogen-bond acceptors (Lipinski definition) is 3. The van der Waals surface area contributed by atoms with E-state index in [1.54, 1.807) is 18.1 Å². The molecule has 6 heteroatoms. The first-order chi connectivity index (χ1) is 9.69. The van der Waals surface area contributed by atoms with Crippen molar-refractivity contribution in [2.75, 3.05) is 13.6 Å². The van der Waals surface area contributed by atoms with Crippen molar-refractivity contribution in [2.24, 2.45) is 23.9 Å². The van der Waals surface area contributed by atoms with Gasteiger partial charge in [0, 0.05) is 20.6 Å². The zero-order chi connectivity index (χ0) is 14.4. The van der Waals surface area contributed by atoms with Gasteiger partial charge in [0.1, 0.15) is 12.2 Å². The zero-order valence-electron chi connectivity index (χ0n) is 12.8. The summed E-state index contributed by atoms with van der Waals surface area (Å²) in [6.07, 6.45) is 6.97. The van der Waals surface area contributed by atoms with Gasteiger partial charge in [0.2, 0.25) is 0 Å². The fourth-order valence-corrected chi connectivity index (χ4v) is 2.85. The third-order valence-electron chi connectivity index (χ3n) is 4.05. The standard InChI is InChI=1S/C14H26N6/c1-11-5-4-6-12(7-11)8-16-14(15-2)17-9-13-18-10-19-20(13)3/h10-12H,4-9H2,1-3H3,(H2,15,16,17). The highest BCUT2D eigenvalue weighted by molar-refractivity contribution is 5.79. The fraction of sp³-hybridized carbons (Fsp3) is 0.786. The van der Waals surface area contributed by atoms with Crippen molar-refractivity contribution < 1.29 is 0 Å². The quantitative estimate of drug-likeness (QED) is 0.643. The van der Waals surface area contributed by atoms with Crippen LogP contribution >= 0.6 is 0 Å². The van der Waals surface area contributed by atoms with Gasteiger partial charge in [-0.3, -0.25) is 9.67 Å². The Morgan fingerprint density at radius 3 is 2.95 bits per heavy atom. The Kier molecular flexibility index (Phi) is 5.38. The monoisotopic (exact) mass is 278 g/mol. The van der Waals surface area contributed by atoms with E-state index in [1.807, 2.05) is 7.05 Å². The Balaban J connectivity index is 1.74. The van der Waals surface area contributed by atoms with Crippen molar-refractivity contribution >= 4 is 5.96 Å². The molecule has 6 nitrogen and oxygen atoms in total. The maximum atomic E-state index is 4.26. The number of rotatable bonds is 4. The van der Waals surface area contributed by atoms with Gasteiger partial charge in [0.15, 0.2) is 5.96 Å². The second-order valence-corrected chi connectivity index (χ2v) is 5.74. The Hall–Kier alpha value is -1.59. The average Bonchev–Trinajstić information content (AvgIpc) is 2.85. The molecule has 1 saturated carbocycles. The average molecular weight is 278 g/mol. The molecule has 0 amide bonds. The highest BCUT2D eigenvalue weighted by Gasteiger charge is 2.18. The maximum Gasteiger partial charge on any atom is 0.191 e. The predicted molar refractivity (Wildman–Crippen MR) is 80.3 cm³/mol. The minimum Gasteiger partial charge on any atom is -0.356 e. The molecule has 112 valence electrons. The molecule has 2 unspecified atom stereocenters. The van der Waals surface area contributed by atoms with Gasteiger partial charge in [-0.2, -0.15) is 5.10 Å². The van der Waals surface area contributed by atoms with E-state index in [0.717, 1.165) is 30.2 Å². The van der Waals surface area contributed by atoms with Crippen LogP contribution in [0.3, 0.4) is 0 Å². The second-order valence-electron chi connectivity index (χ2n) is 5.74. The molecule has 1 aromatic rings. The molecule has 0 radical (unpaired) electrons. The highest BCUT2D eigenvalue weighted by Crippen LogP contribution is 2.27. The molecule has 0 saturated heterocycles. The summed E-state index contributed by atoms with van der Waals surface area (Å²) in [7, 11) is 3.69. The van der Waals surface area contributed by atoms with Crippen LogP contribution in [-0.4, -0.2) is 34.3 Å². The van der Waals surface area contributed by atoms with Crippen LogP contribution in [0.15, 0.2) is 11.3 Å². The number of hydrogen-bond donors (Lipinski definition) is 2. The first-order valence-electron chi connectivity index (χ1n) is 7.46. The van der Waals surface area contributed by atoms with E-state index in [4.69, 9.17) is 0 Å². The van der Waals surface area contributed by atoms with Crippen molar-refractivity contribution in [2.45, 2.75) is 39.2 Å². The van der Waals surface area contributed by atoms with Gasteiger partial charge >= 0.3 is 0 Å². The van der Waals surface area contributed by atoms with Gasteiger partial charge in [-0.05, 0) is 24.7 Å². The topological polar surface area (TPSA) is 67.1 Å². The molecular weight excluding hydrogens is 252 g/mol. The molecule has 1 heterocycles. The Morgan fingerprint density at radius 2 is 2.30 bits per heavy atom. The maximum absolute atomic E-state index is 4.26. The third kappa shape index (κ3) is 4.21. The van der Waals surface area contributed by atoms with E-state index in [-0.39, 0.29) is 0 Å². The lowest BCUT2D eigenvalue weighted by molar-refractivity contribution is 0.282. The molecule has 1 aliphatic rings. The molecular formula is C14H26N6. The van der Waals surface area contributed by atoms with Crippen LogP contribution in [0.2, 0.25) is 0 Å². The zero-order valence-corrected chi connectivity index (χ0v) is 12.8. The van der Waals surface area contributed by atoms with Gasteiger partial charge in [0.25, 0.3) is 0 Å². The third-order valence-corrected chi connectivity index (χ3v) is 4.05. The Bertz CT molecular complexity index is 439. The minimum atomic E-state index is 0.636. The van der Waals surface area contributed by atoms with Crippen LogP contribution in [0.1, 0.15) is 38.4 Å². The second kappa shape index (κ2) is 7.26. The summed E-state index contributed by atoms with van der Waals surface area (Å²) in [4.78, 5) is 8.45. The van der Waals surface area contributed by atoms with E-state index < -0.39 is 0 Å². The molecule has 0 aliphatic heterocycles. The number of nitrogens with zero attached hydrogens (tertiary/aromatic N) is 4. The van der Waals surface area contributed by atoms with Crippen molar-refractivity contribution in [3.63, 3.8) is 0 Å². The van der Waals surface area contributed by atoms with Crippen molar-refractivity contribution in [3.8, 4) is 0 Å². The fourth-order valence-electron chi connectivity index (χ4n) is 2.85. The summed E-state index contributed by atoms with van der Waals surface area (Å²) >= 11 is 0. The SMILES string of the molecule is CN=C(NCc1ncnn1C)NCC1CCCC(C)C1. The van der Waals surface area contributed by atoms with Crippen molar-refractivity contribution in [1.29, 1.82) is 0 Å². The molecule has 2 atom stereocenters. The Labute approximate surface area is 121 Å². The van der Waals surface area contributed by atoms with Crippen LogP contribution in [0.5, 0.6) is 0 Å². The molecule has 20 heavy (non-hydrogen) atoms. The lowest BCUT2D eigenvalue weighted by atomic mass is 9.82. The molecule has 1 aliphatic carbocycles. The largest absolute Gasteiger partial charge is 0.356 e. The summed E-state index contributed by atoms with van der Waals surface area (Å²) in [5.41, 5.74) is 0. The van der Waals surface area contributed by atoms with Crippen LogP contribution in [0.4, 0.5) is 0 Å². The van der Waals surface area contributed by atoms with Gasteiger partial charge in [-0.15, -0.1) is 0 Å². The first-order valence-corrected chi connectivity index (χ1v) is 7.46. The van der Waals surface area contributed by atoms with E-state index in [0.29, 0.717) is 6.54 Å². The van der Waals surface area contributed by atoms with Crippen LogP contribution in [-0.2, 0) is 13.6 Å². The van der Waals surface area contributed by atoms with Gasteiger partial charge in [0.05, 0.1) is 6.54 Å². The summed E-state index contributed by atoms with van der Waals surface area (Å²) in [5, 5.41) is 10.8. The lowest BCUT2D eigenvalue weighted by Crippen LogP contribution is -2.40. The van der Waals surface area contributed by atoms with E-state index >= 15 is 0 Å². The summed E-state index contributed by atoms with van der Waals surface area (Å²) in [6, 6.07) is 0. The van der Waals surface area contributed by atoms with Gasteiger partial charge < -0.3 is 10.6 Å². The van der Waals surface area contributed by atoms with Crippen LogP contribution in [0, 0.1) is 11.8 Å². The van der Waals surface area contributed by atoms with E-state index in [9.17, 15) is 0 Å². The molecule has 1 fully saturated rings. The number of aromatic nitrogens is 3. The molecule has 2 rings (SSSR count). The number of nitrogens with one attached hydrogen (secondary N) is 2. The normalized spacial score (nSPS) is 23.6. The predicted octanol–water partition coefficient (Wildman–Crippen LogP) is 1.31. The molecule has 1 aromatic heterocycles. The smallest absolute Gasteiger partial charge is 0.191 e. The molecule has 0 aromatic carbocycles. The Morgan fingerprint density at radius 1 is 1.45 bits per heavy atom. The summed E-state index contributed by atoms with van der Waals surface area (Å²) in [5.74, 6) is 3.38. The first kappa shape index (κ1) is 14.8. The highest BCUT2D eigenvalue weighted by atomic mass is 15.3. The number of guanidine groups is 1. The minimum absolute atomic E-state index is 0.636.